The lowest BCUT2D eigenvalue weighted by Gasteiger charge is -1.90. The van der Waals surface area contributed by atoms with Gasteiger partial charge in [-0.25, -0.2) is 4.79 Å². The van der Waals surface area contributed by atoms with Crippen LogP contribution in [0.2, 0.25) is 0 Å². The van der Waals surface area contributed by atoms with Gasteiger partial charge in [-0.2, -0.15) is 0 Å². The van der Waals surface area contributed by atoms with Crippen molar-refractivity contribution in [1.29, 1.82) is 0 Å². The van der Waals surface area contributed by atoms with E-state index in [2.05, 4.69) is 23.6 Å². The van der Waals surface area contributed by atoms with Gasteiger partial charge in [-0.1, -0.05) is 6.07 Å². The number of ketones is 1. The number of carboxylic acids is 1. The van der Waals surface area contributed by atoms with Crippen molar-refractivity contribution < 1.29 is 14.7 Å². The van der Waals surface area contributed by atoms with Gasteiger partial charge in [-0.05, 0) is 47.9 Å². The van der Waals surface area contributed by atoms with Gasteiger partial charge >= 0.3 is 5.97 Å². The van der Waals surface area contributed by atoms with Crippen molar-refractivity contribution in [2.45, 2.75) is 0 Å². The highest BCUT2D eigenvalue weighted by Crippen LogP contribution is 2.39. The number of hydrogen-bond acceptors (Lipinski definition) is 5. The summed E-state index contributed by atoms with van der Waals surface area (Å²) in [6.45, 7) is 0. The lowest BCUT2D eigenvalue weighted by Crippen LogP contribution is -2.08. The minimum absolute atomic E-state index is 0.857. The first-order valence-corrected chi connectivity index (χ1v) is 8.84. The molecule has 0 saturated carbocycles. The standard InChI is InChI=1S/C16H10O3S3/c17-11(16(18)19)5-3-10-4-6-14(21-10)15-8-7-13(22-15)12-2-1-9-20-12/h1-9H,(H,18,19)/b5-3+. The van der Waals surface area contributed by atoms with Crippen molar-refractivity contribution in [2.75, 3.05) is 0 Å². The molecule has 3 aromatic rings. The summed E-state index contributed by atoms with van der Waals surface area (Å²) in [6, 6.07) is 12.2. The molecule has 0 saturated heterocycles. The van der Waals surface area contributed by atoms with Gasteiger partial charge in [0, 0.05) is 24.4 Å². The van der Waals surface area contributed by atoms with Crippen LogP contribution in [-0.2, 0) is 9.59 Å². The highest BCUT2D eigenvalue weighted by atomic mass is 32.1. The SMILES string of the molecule is O=C(O)C(=O)/C=C/c1ccc(-c2ccc(-c3cccs3)s2)s1. The van der Waals surface area contributed by atoms with Crippen LogP contribution in [-0.4, -0.2) is 16.9 Å². The van der Waals surface area contributed by atoms with Gasteiger partial charge < -0.3 is 5.11 Å². The van der Waals surface area contributed by atoms with Crippen LogP contribution in [0.15, 0.2) is 47.9 Å². The van der Waals surface area contributed by atoms with Gasteiger partial charge in [0.2, 0.25) is 0 Å². The first-order chi connectivity index (χ1) is 10.6. The molecule has 3 rings (SSSR count). The average molecular weight is 346 g/mol. The maximum absolute atomic E-state index is 11.0. The fourth-order valence-electron chi connectivity index (χ4n) is 1.83. The summed E-state index contributed by atoms with van der Waals surface area (Å²) < 4.78 is 0. The highest BCUT2D eigenvalue weighted by Gasteiger charge is 2.09. The molecular weight excluding hydrogens is 336 g/mol. The van der Waals surface area contributed by atoms with E-state index in [4.69, 9.17) is 5.11 Å². The number of carboxylic acid groups (broad SMARTS) is 1. The van der Waals surface area contributed by atoms with Crippen LogP contribution in [0.5, 0.6) is 0 Å². The van der Waals surface area contributed by atoms with Crippen LogP contribution in [0, 0.1) is 0 Å². The van der Waals surface area contributed by atoms with Crippen LogP contribution in [0.25, 0.3) is 25.6 Å². The van der Waals surface area contributed by atoms with Gasteiger partial charge in [0.15, 0.2) is 0 Å². The van der Waals surface area contributed by atoms with Gasteiger partial charge in [-0.15, -0.1) is 34.0 Å². The molecule has 110 valence electrons. The third-order valence-electron chi connectivity index (χ3n) is 2.85. The van der Waals surface area contributed by atoms with Gasteiger partial charge in [0.05, 0.1) is 0 Å². The quantitative estimate of drug-likeness (QED) is 0.529. The third kappa shape index (κ3) is 3.24. The van der Waals surface area contributed by atoms with Crippen molar-refractivity contribution in [3.63, 3.8) is 0 Å². The molecule has 22 heavy (non-hydrogen) atoms. The fourth-order valence-corrected chi connectivity index (χ4v) is 4.67. The molecule has 3 nitrogen and oxygen atoms in total. The summed E-state index contributed by atoms with van der Waals surface area (Å²) in [6.07, 6.45) is 2.63. The van der Waals surface area contributed by atoms with E-state index >= 15 is 0 Å². The van der Waals surface area contributed by atoms with Crippen LogP contribution < -0.4 is 0 Å². The maximum atomic E-state index is 11.0. The Morgan fingerprint density at radius 3 is 2.27 bits per heavy atom. The van der Waals surface area contributed by atoms with E-state index in [0.29, 0.717) is 0 Å². The summed E-state index contributed by atoms with van der Waals surface area (Å²) in [5.74, 6) is -2.35. The Bertz CT molecular complexity index is 838. The van der Waals surface area contributed by atoms with Gasteiger partial charge in [0.25, 0.3) is 5.78 Å². The van der Waals surface area contributed by atoms with Crippen molar-refractivity contribution in [3.8, 4) is 19.5 Å². The Kier molecular flexibility index (Phi) is 4.33. The number of carbonyl (C=O) groups is 2. The summed E-state index contributed by atoms with van der Waals surface area (Å²) in [5, 5.41) is 10.6. The summed E-state index contributed by atoms with van der Waals surface area (Å²) in [4.78, 5) is 27.1. The second kappa shape index (κ2) is 6.39. The Balaban J connectivity index is 1.79. The third-order valence-corrected chi connectivity index (χ3v) is 6.25. The maximum Gasteiger partial charge on any atom is 0.376 e. The molecule has 0 bridgehead atoms. The number of aliphatic carboxylic acids is 1. The van der Waals surface area contributed by atoms with Crippen LogP contribution in [0.1, 0.15) is 4.88 Å². The van der Waals surface area contributed by atoms with E-state index < -0.39 is 11.8 Å². The number of thiophene rings is 3. The highest BCUT2D eigenvalue weighted by molar-refractivity contribution is 7.26. The molecule has 0 radical (unpaired) electrons. The molecule has 0 aliphatic rings. The van der Waals surface area contributed by atoms with E-state index in [1.54, 1.807) is 28.7 Å². The molecule has 3 aromatic heterocycles. The van der Waals surface area contributed by atoms with Crippen molar-refractivity contribution >= 4 is 51.8 Å². The van der Waals surface area contributed by atoms with E-state index in [-0.39, 0.29) is 0 Å². The van der Waals surface area contributed by atoms with E-state index in [1.165, 1.54) is 21.1 Å². The Morgan fingerprint density at radius 2 is 1.59 bits per heavy atom. The molecule has 0 fully saturated rings. The van der Waals surface area contributed by atoms with Crippen molar-refractivity contribution in [2.24, 2.45) is 0 Å². The Labute approximate surface area is 138 Å². The largest absolute Gasteiger partial charge is 0.475 e. The molecule has 6 heteroatoms. The smallest absolute Gasteiger partial charge is 0.376 e. The Morgan fingerprint density at radius 1 is 0.909 bits per heavy atom. The number of hydrogen-bond donors (Lipinski definition) is 1. The Hall–Kier alpha value is -2.02. The second-order valence-corrected chi connectivity index (χ2v) is 7.49. The second-order valence-electron chi connectivity index (χ2n) is 4.35. The predicted octanol–water partition coefficient (Wildman–Crippen LogP) is 4.87. The number of rotatable bonds is 5. The van der Waals surface area contributed by atoms with Crippen LogP contribution in [0.4, 0.5) is 0 Å². The first-order valence-electron chi connectivity index (χ1n) is 6.33. The summed E-state index contributed by atoms with van der Waals surface area (Å²) >= 11 is 4.97. The molecule has 0 aliphatic heterocycles. The first kappa shape index (κ1) is 14.9. The molecule has 0 amide bonds. The molecule has 0 aliphatic carbocycles. The average Bonchev–Trinajstić information content (AvgIpc) is 3.22. The van der Waals surface area contributed by atoms with Crippen LogP contribution in [0.3, 0.4) is 0 Å². The van der Waals surface area contributed by atoms with E-state index in [1.807, 2.05) is 18.2 Å². The topological polar surface area (TPSA) is 54.4 Å². The van der Waals surface area contributed by atoms with E-state index in [0.717, 1.165) is 20.7 Å². The molecule has 3 heterocycles. The van der Waals surface area contributed by atoms with Gasteiger partial charge in [0.1, 0.15) is 0 Å². The molecular formula is C16H10O3S3. The van der Waals surface area contributed by atoms with Crippen molar-refractivity contribution in [3.05, 3.63) is 52.7 Å². The fraction of sp³-hybridized carbons (Fsp3) is 0. The molecule has 0 atom stereocenters. The molecule has 0 unspecified atom stereocenters. The van der Waals surface area contributed by atoms with Crippen molar-refractivity contribution in [1.82, 2.24) is 0 Å². The lowest BCUT2D eigenvalue weighted by atomic mass is 10.3. The monoisotopic (exact) mass is 346 g/mol. The van der Waals surface area contributed by atoms with Crippen LogP contribution >= 0.6 is 34.0 Å². The summed E-state index contributed by atoms with van der Waals surface area (Å²) in [5.41, 5.74) is 0. The zero-order valence-electron chi connectivity index (χ0n) is 11.2. The lowest BCUT2D eigenvalue weighted by molar-refractivity contribution is -0.146. The molecule has 0 spiro atoms. The normalized spacial score (nSPS) is 11.1. The van der Waals surface area contributed by atoms with E-state index in [9.17, 15) is 9.59 Å². The minimum atomic E-state index is -1.44. The number of carbonyl (C=O) groups excluding carboxylic acids is 1. The zero-order chi connectivity index (χ0) is 15.5. The molecule has 1 N–H and O–H groups in total. The predicted molar refractivity (Wildman–Crippen MR) is 92.6 cm³/mol. The van der Waals surface area contributed by atoms with Gasteiger partial charge in [-0.3, -0.25) is 4.79 Å². The molecule has 0 aromatic carbocycles. The zero-order valence-corrected chi connectivity index (χ0v) is 13.6. The minimum Gasteiger partial charge on any atom is -0.475 e. The summed E-state index contributed by atoms with van der Waals surface area (Å²) in [7, 11) is 0.